The molecule has 0 saturated heterocycles. The highest BCUT2D eigenvalue weighted by Gasteiger charge is 2.13. The van der Waals surface area contributed by atoms with Gasteiger partial charge < -0.3 is 11.1 Å². The smallest absolute Gasteiger partial charge is 0.274 e. The summed E-state index contributed by atoms with van der Waals surface area (Å²) in [5.41, 5.74) is 7.53. The highest BCUT2D eigenvalue weighted by Crippen LogP contribution is 2.17. The normalized spacial score (nSPS) is 10.1. The molecule has 0 aliphatic heterocycles. The summed E-state index contributed by atoms with van der Waals surface area (Å²) < 4.78 is 0. The zero-order valence-corrected chi connectivity index (χ0v) is 11.3. The molecule has 0 fully saturated rings. The van der Waals surface area contributed by atoms with Crippen molar-refractivity contribution in [2.75, 3.05) is 5.73 Å². The maximum atomic E-state index is 11.8. The molecule has 0 spiro atoms. The molecule has 0 unspecified atom stereocenters. The van der Waals surface area contributed by atoms with Gasteiger partial charge in [-0.2, -0.15) is 0 Å². The zero-order valence-electron chi connectivity index (χ0n) is 11.3. The summed E-state index contributed by atoms with van der Waals surface area (Å²) in [5, 5.41) is 13.6. The van der Waals surface area contributed by atoms with E-state index in [2.05, 4.69) is 5.32 Å². The monoisotopic (exact) mass is 285 g/mol. The van der Waals surface area contributed by atoms with Gasteiger partial charge in [0.05, 0.1) is 11.3 Å². The van der Waals surface area contributed by atoms with Crippen molar-refractivity contribution in [1.29, 1.82) is 0 Å². The Morgan fingerprint density at radius 2 is 1.81 bits per heavy atom. The Morgan fingerprint density at radius 3 is 2.48 bits per heavy atom. The van der Waals surface area contributed by atoms with E-state index in [9.17, 15) is 14.9 Å². The van der Waals surface area contributed by atoms with Gasteiger partial charge in [0.2, 0.25) is 5.91 Å². The Balaban J connectivity index is 1.95. The third-order valence-corrected chi connectivity index (χ3v) is 3.01. The first kappa shape index (κ1) is 14.5. The Labute approximate surface area is 121 Å². The molecule has 2 aromatic carbocycles. The SMILES string of the molecule is Nc1ccc(CC(=O)NCc2ccccc2[N+](=O)[O-])cc1. The Morgan fingerprint density at radius 1 is 1.14 bits per heavy atom. The summed E-state index contributed by atoms with van der Waals surface area (Å²) in [5.74, 6) is -0.196. The molecule has 0 atom stereocenters. The van der Waals surface area contributed by atoms with Gasteiger partial charge in [0.25, 0.3) is 5.69 Å². The number of amides is 1. The van der Waals surface area contributed by atoms with E-state index in [1.54, 1.807) is 42.5 Å². The van der Waals surface area contributed by atoms with Crippen molar-refractivity contribution >= 4 is 17.3 Å². The van der Waals surface area contributed by atoms with E-state index in [1.807, 2.05) is 0 Å². The van der Waals surface area contributed by atoms with Gasteiger partial charge in [0, 0.05) is 23.9 Å². The van der Waals surface area contributed by atoms with Crippen LogP contribution in [0.3, 0.4) is 0 Å². The van der Waals surface area contributed by atoms with Crippen LogP contribution in [0.25, 0.3) is 0 Å². The molecular formula is C15H15N3O3. The van der Waals surface area contributed by atoms with Crippen LogP contribution in [0.4, 0.5) is 11.4 Å². The molecule has 1 amide bonds. The van der Waals surface area contributed by atoms with Crippen LogP contribution in [-0.4, -0.2) is 10.8 Å². The standard InChI is InChI=1S/C15H15N3O3/c16-13-7-5-11(6-8-13)9-15(19)17-10-12-3-1-2-4-14(12)18(20)21/h1-8H,9-10,16H2,(H,17,19). The number of nitrogen functional groups attached to an aromatic ring is 1. The lowest BCUT2D eigenvalue weighted by atomic mass is 10.1. The van der Waals surface area contributed by atoms with Gasteiger partial charge >= 0.3 is 0 Å². The van der Waals surface area contributed by atoms with Gasteiger partial charge in [-0.25, -0.2) is 0 Å². The van der Waals surface area contributed by atoms with Crippen molar-refractivity contribution in [1.82, 2.24) is 5.32 Å². The number of benzene rings is 2. The van der Waals surface area contributed by atoms with E-state index in [1.165, 1.54) is 6.07 Å². The average Bonchev–Trinajstić information content (AvgIpc) is 2.48. The fourth-order valence-corrected chi connectivity index (χ4v) is 1.92. The number of nitrogens with one attached hydrogen (secondary N) is 1. The van der Waals surface area contributed by atoms with Crippen molar-refractivity contribution in [3.8, 4) is 0 Å². The van der Waals surface area contributed by atoms with E-state index in [0.29, 0.717) is 11.3 Å². The van der Waals surface area contributed by atoms with Gasteiger partial charge in [0.15, 0.2) is 0 Å². The minimum absolute atomic E-state index is 0.00489. The molecule has 0 saturated carbocycles. The van der Waals surface area contributed by atoms with Gasteiger partial charge in [-0.3, -0.25) is 14.9 Å². The van der Waals surface area contributed by atoms with E-state index in [4.69, 9.17) is 5.73 Å². The Kier molecular flexibility index (Phi) is 4.50. The number of hydrogen-bond donors (Lipinski definition) is 2. The molecular weight excluding hydrogens is 270 g/mol. The zero-order chi connectivity index (χ0) is 15.2. The molecule has 3 N–H and O–H groups in total. The molecule has 2 aromatic rings. The number of nitrogens with zero attached hydrogens (tertiary/aromatic N) is 1. The number of carbonyl (C=O) groups excluding carboxylic acids is 1. The lowest BCUT2D eigenvalue weighted by molar-refractivity contribution is -0.385. The Hall–Kier alpha value is -2.89. The van der Waals surface area contributed by atoms with Gasteiger partial charge in [-0.15, -0.1) is 0 Å². The molecule has 0 aliphatic carbocycles. The fourth-order valence-electron chi connectivity index (χ4n) is 1.92. The first-order chi connectivity index (χ1) is 10.1. The number of anilines is 1. The second kappa shape index (κ2) is 6.51. The summed E-state index contributed by atoms with van der Waals surface area (Å²) in [6, 6.07) is 13.4. The number of nitro groups is 1. The Bertz CT molecular complexity index is 653. The number of rotatable bonds is 5. The van der Waals surface area contributed by atoms with Crippen molar-refractivity contribution in [3.63, 3.8) is 0 Å². The topological polar surface area (TPSA) is 98.3 Å². The summed E-state index contributed by atoms with van der Waals surface area (Å²) in [6.07, 6.45) is 0.209. The van der Waals surface area contributed by atoms with Crippen molar-refractivity contribution in [3.05, 3.63) is 69.8 Å². The summed E-state index contributed by atoms with van der Waals surface area (Å²) in [6.45, 7) is 0.130. The lowest BCUT2D eigenvalue weighted by Gasteiger charge is -2.06. The van der Waals surface area contributed by atoms with Crippen molar-refractivity contribution in [2.24, 2.45) is 0 Å². The molecule has 6 heteroatoms. The fraction of sp³-hybridized carbons (Fsp3) is 0.133. The van der Waals surface area contributed by atoms with Crippen LogP contribution in [0.15, 0.2) is 48.5 Å². The van der Waals surface area contributed by atoms with Crippen LogP contribution in [0, 0.1) is 10.1 Å². The number of carbonyl (C=O) groups is 1. The highest BCUT2D eigenvalue weighted by molar-refractivity contribution is 5.78. The van der Waals surface area contributed by atoms with E-state index in [0.717, 1.165) is 5.56 Å². The van der Waals surface area contributed by atoms with Crippen molar-refractivity contribution in [2.45, 2.75) is 13.0 Å². The average molecular weight is 285 g/mol. The van der Waals surface area contributed by atoms with Crippen LogP contribution >= 0.6 is 0 Å². The summed E-state index contributed by atoms with van der Waals surface area (Å²) in [4.78, 5) is 22.3. The summed E-state index contributed by atoms with van der Waals surface area (Å²) >= 11 is 0. The first-order valence-corrected chi connectivity index (χ1v) is 6.39. The quantitative estimate of drug-likeness (QED) is 0.499. The van der Waals surface area contributed by atoms with Gasteiger partial charge in [0.1, 0.15) is 0 Å². The molecule has 21 heavy (non-hydrogen) atoms. The predicted octanol–water partition coefficient (Wildman–Crippen LogP) is 2.04. The molecule has 2 rings (SSSR count). The molecule has 0 heterocycles. The summed E-state index contributed by atoms with van der Waals surface area (Å²) in [7, 11) is 0. The van der Waals surface area contributed by atoms with Crippen LogP contribution in [0.1, 0.15) is 11.1 Å². The first-order valence-electron chi connectivity index (χ1n) is 6.39. The van der Waals surface area contributed by atoms with Crippen LogP contribution < -0.4 is 11.1 Å². The third kappa shape index (κ3) is 4.04. The molecule has 108 valence electrons. The largest absolute Gasteiger partial charge is 0.399 e. The molecule has 0 bridgehead atoms. The minimum atomic E-state index is -0.457. The lowest BCUT2D eigenvalue weighted by Crippen LogP contribution is -2.24. The van der Waals surface area contributed by atoms with Crippen LogP contribution in [0.2, 0.25) is 0 Å². The molecule has 0 aliphatic rings. The number of hydrogen-bond acceptors (Lipinski definition) is 4. The molecule has 0 aromatic heterocycles. The van der Waals surface area contributed by atoms with Gasteiger partial charge in [-0.1, -0.05) is 30.3 Å². The molecule has 6 nitrogen and oxygen atoms in total. The van der Waals surface area contributed by atoms with E-state index in [-0.39, 0.29) is 24.6 Å². The predicted molar refractivity (Wildman–Crippen MR) is 79.5 cm³/mol. The minimum Gasteiger partial charge on any atom is -0.399 e. The number of nitro benzene ring substituents is 1. The second-order valence-electron chi connectivity index (χ2n) is 4.58. The number of para-hydroxylation sites is 1. The number of nitrogens with two attached hydrogens (primary N) is 1. The van der Waals surface area contributed by atoms with Crippen LogP contribution in [-0.2, 0) is 17.8 Å². The van der Waals surface area contributed by atoms with E-state index < -0.39 is 4.92 Å². The molecule has 0 radical (unpaired) electrons. The second-order valence-corrected chi connectivity index (χ2v) is 4.58. The van der Waals surface area contributed by atoms with Crippen LogP contribution in [0.5, 0.6) is 0 Å². The maximum Gasteiger partial charge on any atom is 0.274 e. The highest BCUT2D eigenvalue weighted by atomic mass is 16.6. The van der Waals surface area contributed by atoms with Gasteiger partial charge in [-0.05, 0) is 17.7 Å². The van der Waals surface area contributed by atoms with Crippen molar-refractivity contribution < 1.29 is 9.72 Å². The maximum absolute atomic E-state index is 11.8. The third-order valence-electron chi connectivity index (χ3n) is 3.01. The van der Waals surface area contributed by atoms with E-state index >= 15 is 0 Å².